The molecule has 1 unspecified atom stereocenters. The van der Waals surface area contributed by atoms with E-state index in [9.17, 15) is 0 Å². The van der Waals surface area contributed by atoms with E-state index in [1.54, 1.807) is 0 Å². The van der Waals surface area contributed by atoms with Crippen molar-refractivity contribution in [2.45, 2.75) is 63.8 Å². The van der Waals surface area contributed by atoms with Gasteiger partial charge >= 0.3 is 0 Å². The van der Waals surface area contributed by atoms with E-state index in [4.69, 9.17) is 0 Å². The summed E-state index contributed by atoms with van der Waals surface area (Å²) in [5.74, 6) is 0. The van der Waals surface area contributed by atoms with E-state index in [2.05, 4.69) is 200 Å². The van der Waals surface area contributed by atoms with Crippen LogP contribution in [0.3, 0.4) is 0 Å². The summed E-state index contributed by atoms with van der Waals surface area (Å²) in [6.07, 6.45) is 16.5. The summed E-state index contributed by atoms with van der Waals surface area (Å²) < 4.78 is 0. The maximum Gasteiger partial charge on any atom is 0.0465 e. The lowest BCUT2D eigenvalue weighted by atomic mass is 9.73. The van der Waals surface area contributed by atoms with Gasteiger partial charge in [-0.15, -0.1) is 0 Å². The maximum atomic E-state index is 2.74. The second-order valence-corrected chi connectivity index (χ2v) is 15.7. The van der Waals surface area contributed by atoms with Gasteiger partial charge in [0.05, 0.1) is 0 Å². The number of nitrogens with zero attached hydrogens (tertiary/aromatic N) is 2. The molecule has 1 fully saturated rings. The lowest BCUT2D eigenvalue weighted by Gasteiger charge is -2.38. The number of hydrogen-bond donors (Lipinski definition) is 0. The zero-order valence-corrected chi connectivity index (χ0v) is 32.9. The quantitative estimate of drug-likeness (QED) is 0.130. The van der Waals surface area contributed by atoms with E-state index in [1.807, 2.05) is 0 Å². The van der Waals surface area contributed by atoms with Crippen molar-refractivity contribution in [2.75, 3.05) is 18.0 Å². The number of rotatable bonds is 10. The summed E-state index contributed by atoms with van der Waals surface area (Å²) in [4.78, 5) is 5.12. The van der Waals surface area contributed by atoms with Gasteiger partial charge in [-0.2, -0.15) is 0 Å². The van der Waals surface area contributed by atoms with Gasteiger partial charge in [0.1, 0.15) is 0 Å². The third kappa shape index (κ3) is 6.67. The van der Waals surface area contributed by atoms with Gasteiger partial charge in [-0.25, -0.2) is 0 Å². The third-order valence-corrected chi connectivity index (χ3v) is 12.7. The molecule has 2 nitrogen and oxygen atoms in total. The summed E-state index contributed by atoms with van der Waals surface area (Å²) in [5, 5.41) is 0. The molecule has 0 saturated carbocycles. The molecular formula is C54H52N2. The van der Waals surface area contributed by atoms with Gasteiger partial charge in [-0.3, -0.25) is 4.90 Å². The first-order chi connectivity index (χ1) is 27.7. The number of hydrogen-bond acceptors (Lipinski definition) is 2. The monoisotopic (exact) mass is 728 g/mol. The molecule has 9 rings (SSSR count). The highest BCUT2D eigenvalue weighted by atomic mass is 15.2. The normalized spacial score (nSPS) is 17.6. The Bertz CT molecular complexity index is 2340. The van der Waals surface area contributed by atoms with Crippen LogP contribution < -0.4 is 4.90 Å². The minimum Gasteiger partial charge on any atom is -0.310 e. The molecule has 278 valence electrons. The first kappa shape index (κ1) is 36.0. The molecule has 6 aromatic carbocycles. The second kappa shape index (κ2) is 15.8. The Morgan fingerprint density at radius 1 is 0.571 bits per heavy atom. The van der Waals surface area contributed by atoms with Crippen LogP contribution >= 0.6 is 0 Å². The van der Waals surface area contributed by atoms with Crippen molar-refractivity contribution >= 4 is 40.4 Å². The van der Waals surface area contributed by atoms with Crippen molar-refractivity contribution in [1.29, 1.82) is 0 Å². The summed E-state index contributed by atoms with van der Waals surface area (Å²) in [6, 6.07) is 56.5. The minimum atomic E-state index is -0.0469. The van der Waals surface area contributed by atoms with E-state index in [1.165, 1.54) is 105 Å². The first-order valence-electron chi connectivity index (χ1n) is 20.9. The molecule has 0 aromatic heterocycles. The van der Waals surface area contributed by atoms with Gasteiger partial charge in [0.2, 0.25) is 0 Å². The highest BCUT2D eigenvalue weighted by molar-refractivity contribution is 5.99. The largest absolute Gasteiger partial charge is 0.310 e. The lowest BCUT2D eigenvalue weighted by Crippen LogP contribution is -2.40. The Hall–Kier alpha value is -5.70. The summed E-state index contributed by atoms with van der Waals surface area (Å²) in [5.41, 5.74) is 17.1. The topological polar surface area (TPSA) is 6.48 Å². The zero-order valence-electron chi connectivity index (χ0n) is 32.9. The Balaban J connectivity index is 1.02. The molecule has 0 radical (unpaired) electrons. The van der Waals surface area contributed by atoms with Gasteiger partial charge < -0.3 is 4.90 Å². The number of allylic oxidation sites excluding steroid dienone is 2. The molecular weight excluding hydrogens is 677 g/mol. The first-order valence-corrected chi connectivity index (χ1v) is 20.9. The van der Waals surface area contributed by atoms with Crippen molar-refractivity contribution in [3.05, 3.63) is 197 Å². The van der Waals surface area contributed by atoms with Gasteiger partial charge in [-0.05, 0) is 137 Å². The van der Waals surface area contributed by atoms with Crippen LogP contribution in [-0.4, -0.2) is 24.0 Å². The molecule has 1 atom stereocenters. The van der Waals surface area contributed by atoms with Crippen LogP contribution in [0.1, 0.15) is 85.8 Å². The molecule has 56 heavy (non-hydrogen) atoms. The number of benzene rings is 6. The molecule has 1 aliphatic heterocycles. The predicted molar refractivity (Wildman–Crippen MR) is 240 cm³/mol. The number of anilines is 3. The van der Waals surface area contributed by atoms with Crippen LogP contribution in [0.25, 0.3) is 34.4 Å². The fraction of sp³-hybridized carbons (Fsp3) is 0.222. The average Bonchev–Trinajstić information content (AvgIpc) is 3.55. The van der Waals surface area contributed by atoms with Gasteiger partial charge in [0.25, 0.3) is 0 Å². The van der Waals surface area contributed by atoms with Crippen molar-refractivity contribution in [3.63, 3.8) is 0 Å². The third-order valence-electron chi connectivity index (χ3n) is 12.7. The SMILES string of the molecule is CCC1(CC)c2cc(/C=C/c3ccc(C4=C(c5ccccc5)C=CCC4N4CCCCC4)cc3)ccc2-c2ccc(N(c3ccccc3)c3ccccc3)cc21. The summed E-state index contributed by atoms with van der Waals surface area (Å²) >= 11 is 0. The fourth-order valence-corrected chi connectivity index (χ4v) is 9.80. The molecule has 6 aromatic rings. The van der Waals surface area contributed by atoms with E-state index < -0.39 is 0 Å². The van der Waals surface area contributed by atoms with Gasteiger partial charge in [-0.1, -0.05) is 160 Å². The van der Waals surface area contributed by atoms with Gasteiger partial charge in [0, 0.05) is 28.5 Å². The molecule has 2 heteroatoms. The Labute approximate surface area is 334 Å². The van der Waals surface area contributed by atoms with E-state index >= 15 is 0 Å². The minimum absolute atomic E-state index is 0.0469. The van der Waals surface area contributed by atoms with Crippen LogP contribution in [0, 0.1) is 0 Å². The molecule has 2 aliphatic carbocycles. The van der Waals surface area contributed by atoms with Crippen LogP contribution in [-0.2, 0) is 5.41 Å². The fourth-order valence-electron chi connectivity index (χ4n) is 9.80. The smallest absolute Gasteiger partial charge is 0.0465 e. The molecule has 0 N–H and O–H groups in total. The van der Waals surface area contributed by atoms with Crippen LogP contribution in [0.15, 0.2) is 164 Å². The van der Waals surface area contributed by atoms with Gasteiger partial charge in [0.15, 0.2) is 0 Å². The van der Waals surface area contributed by atoms with Crippen LogP contribution in [0.5, 0.6) is 0 Å². The molecule has 1 heterocycles. The average molecular weight is 729 g/mol. The summed E-state index contributed by atoms with van der Waals surface area (Å²) in [6.45, 7) is 7.11. The van der Waals surface area contributed by atoms with Crippen molar-refractivity contribution in [1.82, 2.24) is 4.90 Å². The van der Waals surface area contributed by atoms with E-state index in [-0.39, 0.29) is 5.41 Å². The number of likely N-dealkylation sites (tertiary alicyclic amines) is 1. The molecule has 0 spiro atoms. The zero-order chi connectivity index (χ0) is 37.9. The lowest BCUT2D eigenvalue weighted by molar-refractivity contribution is 0.196. The Morgan fingerprint density at radius 2 is 1.14 bits per heavy atom. The Morgan fingerprint density at radius 3 is 1.79 bits per heavy atom. The maximum absolute atomic E-state index is 2.74. The van der Waals surface area contributed by atoms with Crippen molar-refractivity contribution in [3.8, 4) is 11.1 Å². The Kier molecular flexibility index (Phi) is 10.2. The highest BCUT2D eigenvalue weighted by Gasteiger charge is 2.41. The summed E-state index contributed by atoms with van der Waals surface area (Å²) in [7, 11) is 0. The predicted octanol–water partition coefficient (Wildman–Crippen LogP) is 14.1. The van der Waals surface area contributed by atoms with Crippen molar-refractivity contribution in [2.24, 2.45) is 0 Å². The second-order valence-electron chi connectivity index (χ2n) is 15.7. The van der Waals surface area contributed by atoms with Crippen LogP contribution in [0.4, 0.5) is 17.1 Å². The molecule has 0 amide bonds. The number of piperidine rings is 1. The van der Waals surface area contributed by atoms with E-state index in [0.717, 1.165) is 19.3 Å². The molecule has 0 bridgehead atoms. The number of fused-ring (bicyclic) bond motifs is 3. The molecule has 3 aliphatic rings. The molecule has 1 saturated heterocycles. The van der Waals surface area contributed by atoms with E-state index in [0.29, 0.717) is 6.04 Å². The van der Waals surface area contributed by atoms with Crippen LogP contribution in [0.2, 0.25) is 0 Å². The highest BCUT2D eigenvalue weighted by Crippen LogP contribution is 2.54. The number of para-hydroxylation sites is 2. The van der Waals surface area contributed by atoms with Crippen molar-refractivity contribution < 1.29 is 0 Å². The standard InChI is InChI=1S/C54H52N2/c1-3-54(4-2)50-38-41(30-34-48(50)49-35-33-46(39-51(49)54)56(44-20-11-6-12-21-44)45-22-13-7-14-23-45)27-26-40-28-31-43(32-29-40)53-47(42-18-9-5-10-19-42)24-17-25-52(53)55-36-15-8-16-37-55/h5-7,9-14,17-24,26-35,38-39,52H,3-4,8,15-16,25,36-37H2,1-2H3/b27-26+.